The topological polar surface area (TPSA) is 67.0 Å². The molecular weight excluding hydrogens is 406 g/mol. The Kier molecular flexibility index (Phi) is 5.74. The first-order valence-corrected chi connectivity index (χ1v) is 8.90. The van der Waals surface area contributed by atoms with Gasteiger partial charge in [0.2, 0.25) is 0 Å². The molecule has 134 valence electrons. The van der Waals surface area contributed by atoms with E-state index in [1.165, 1.54) is 0 Å². The van der Waals surface area contributed by atoms with Crippen molar-refractivity contribution in [1.29, 1.82) is 5.26 Å². The van der Waals surface area contributed by atoms with Gasteiger partial charge in [0.15, 0.2) is 0 Å². The van der Waals surface area contributed by atoms with Crippen LogP contribution in [0.15, 0.2) is 76.9 Å². The number of anilines is 1. The van der Waals surface area contributed by atoms with Crippen LogP contribution in [0, 0.1) is 11.3 Å². The fourth-order valence-electron chi connectivity index (χ4n) is 2.54. The molecule has 0 aliphatic carbocycles. The first kappa shape index (κ1) is 18.5. The summed E-state index contributed by atoms with van der Waals surface area (Å²) in [4.78, 5) is 12.5. The zero-order chi connectivity index (χ0) is 19.2. The van der Waals surface area contributed by atoms with E-state index in [4.69, 9.17) is 4.74 Å². The van der Waals surface area contributed by atoms with Crippen LogP contribution in [0.2, 0.25) is 0 Å². The number of aromatic nitrogens is 1. The molecule has 2 aromatic carbocycles. The maximum atomic E-state index is 12.5. The fraction of sp³-hybridized carbons (Fsp3) is 0.0476. The zero-order valence-corrected chi connectivity index (χ0v) is 16.1. The Labute approximate surface area is 165 Å². The lowest BCUT2D eigenvalue weighted by Crippen LogP contribution is -2.13. The van der Waals surface area contributed by atoms with Crippen LogP contribution < -0.4 is 10.1 Å². The number of ether oxygens (including phenoxy) is 1. The molecule has 3 rings (SSSR count). The van der Waals surface area contributed by atoms with E-state index in [0.29, 0.717) is 11.4 Å². The third-order valence-electron chi connectivity index (χ3n) is 3.87. The number of amides is 1. The van der Waals surface area contributed by atoms with E-state index in [-0.39, 0.29) is 5.57 Å². The summed E-state index contributed by atoms with van der Waals surface area (Å²) in [6.45, 7) is 0. The molecule has 3 aromatic rings. The molecule has 1 aromatic heterocycles. The number of carbonyl (C=O) groups is 1. The van der Waals surface area contributed by atoms with Gasteiger partial charge < -0.3 is 14.6 Å². The Morgan fingerprint density at radius 2 is 1.96 bits per heavy atom. The van der Waals surface area contributed by atoms with Crippen molar-refractivity contribution in [3.8, 4) is 17.5 Å². The molecule has 1 amide bonds. The minimum Gasteiger partial charge on any atom is -0.497 e. The van der Waals surface area contributed by atoms with Gasteiger partial charge in [0, 0.05) is 27.7 Å². The summed E-state index contributed by atoms with van der Waals surface area (Å²) >= 11 is 3.45. The summed E-state index contributed by atoms with van der Waals surface area (Å²) < 4.78 is 7.95. The van der Waals surface area contributed by atoms with E-state index in [1.807, 2.05) is 53.2 Å². The number of carbonyl (C=O) groups excluding carboxylic acids is 1. The van der Waals surface area contributed by atoms with E-state index in [0.717, 1.165) is 15.9 Å². The van der Waals surface area contributed by atoms with Crippen molar-refractivity contribution in [2.75, 3.05) is 12.4 Å². The average Bonchev–Trinajstić information content (AvgIpc) is 3.15. The molecule has 0 fully saturated rings. The van der Waals surface area contributed by atoms with Gasteiger partial charge in [0.25, 0.3) is 5.91 Å². The molecule has 0 bridgehead atoms. The number of methoxy groups -OCH3 is 1. The summed E-state index contributed by atoms with van der Waals surface area (Å²) in [5.74, 6) is 0.223. The van der Waals surface area contributed by atoms with Gasteiger partial charge in [-0.05, 0) is 60.7 Å². The van der Waals surface area contributed by atoms with Gasteiger partial charge >= 0.3 is 0 Å². The third-order valence-corrected chi connectivity index (χ3v) is 4.37. The molecule has 0 unspecified atom stereocenters. The number of rotatable bonds is 5. The maximum Gasteiger partial charge on any atom is 0.266 e. The Bertz CT molecular complexity index is 1030. The van der Waals surface area contributed by atoms with Crippen LogP contribution in [0.4, 0.5) is 5.69 Å². The van der Waals surface area contributed by atoms with E-state index < -0.39 is 5.91 Å². The first-order chi connectivity index (χ1) is 13.1. The van der Waals surface area contributed by atoms with Crippen LogP contribution in [-0.2, 0) is 4.79 Å². The molecule has 5 nitrogen and oxygen atoms in total. The van der Waals surface area contributed by atoms with Crippen LogP contribution in [0.25, 0.3) is 11.8 Å². The molecule has 0 saturated heterocycles. The average molecular weight is 422 g/mol. The van der Waals surface area contributed by atoms with Crippen molar-refractivity contribution in [2.24, 2.45) is 0 Å². The Morgan fingerprint density at radius 3 is 2.63 bits per heavy atom. The van der Waals surface area contributed by atoms with E-state index in [2.05, 4.69) is 21.2 Å². The molecule has 0 saturated carbocycles. The van der Waals surface area contributed by atoms with Gasteiger partial charge in [-0.3, -0.25) is 4.79 Å². The Morgan fingerprint density at radius 1 is 1.19 bits per heavy atom. The van der Waals surface area contributed by atoms with Crippen LogP contribution in [0.1, 0.15) is 5.69 Å². The smallest absolute Gasteiger partial charge is 0.266 e. The van der Waals surface area contributed by atoms with Gasteiger partial charge in [0.1, 0.15) is 17.4 Å². The number of halogens is 1. The molecule has 0 atom stereocenters. The molecule has 0 aliphatic rings. The SMILES string of the molecule is COc1ccc(NC(=O)C(C#N)=Cc2cccn2-c2cccc(Br)c2)cc1. The highest BCUT2D eigenvalue weighted by Crippen LogP contribution is 2.20. The number of hydrogen-bond acceptors (Lipinski definition) is 3. The zero-order valence-electron chi connectivity index (χ0n) is 14.5. The quantitative estimate of drug-likeness (QED) is 0.475. The molecule has 1 heterocycles. The lowest BCUT2D eigenvalue weighted by molar-refractivity contribution is -0.112. The summed E-state index contributed by atoms with van der Waals surface area (Å²) in [5.41, 5.74) is 2.26. The molecule has 0 radical (unpaired) electrons. The highest BCUT2D eigenvalue weighted by atomic mass is 79.9. The van der Waals surface area contributed by atoms with Crippen molar-refractivity contribution in [2.45, 2.75) is 0 Å². The van der Waals surface area contributed by atoms with Crippen LogP contribution >= 0.6 is 15.9 Å². The number of nitrogens with zero attached hydrogens (tertiary/aromatic N) is 2. The Hall–Kier alpha value is -3.30. The van der Waals surface area contributed by atoms with Gasteiger partial charge in [-0.2, -0.15) is 5.26 Å². The molecular formula is C21H16BrN3O2. The number of hydrogen-bond donors (Lipinski definition) is 1. The van der Waals surface area contributed by atoms with Crippen molar-refractivity contribution in [1.82, 2.24) is 4.57 Å². The van der Waals surface area contributed by atoms with Crippen molar-refractivity contribution >= 4 is 33.6 Å². The predicted octanol–water partition coefficient (Wildman–Crippen LogP) is 4.79. The lowest BCUT2D eigenvalue weighted by atomic mass is 10.2. The number of nitriles is 1. The highest BCUT2D eigenvalue weighted by Gasteiger charge is 2.11. The van der Waals surface area contributed by atoms with E-state index in [1.54, 1.807) is 37.5 Å². The standard InChI is InChI=1S/C21H16BrN3O2/c1-27-20-9-7-17(8-10-20)24-21(26)15(14-23)12-18-6-3-11-25(18)19-5-2-4-16(22)13-19/h2-13H,1H3,(H,24,26). The predicted molar refractivity (Wildman–Crippen MR) is 109 cm³/mol. The molecule has 0 spiro atoms. The van der Waals surface area contributed by atoms with Crippen molar-refractivity contribution in [3.63, 3.8) is 0 Å². The van der Waals surface area contributed by atoms with Crippen molar-refractivity contribution < 1.29 is 9.53 Å². The summed E-state index contributed by atoms with van der Waals surface area (Å²) in [6.07, 6.45) is 3.45. The minimum absolute atomic E-state index is 0.0146. The minimum atomic E-state index is -0.468. The van der Waals surface area contributed by atoms with E-state index >= 15 is 0 Å². The van der Waals surface area contributed by atoms with Crippen LogP contribution in [0.5, 0.6) is 5.75 Å². The van der Waals surface area contributed by atoms with Crippen molar-refractivity contribution in [3.05, 3.63) is 82.6 Å². The molecule has 27 heavy (non-hydrogen) atoms. The van der Waals surface area contributed by atoms with Crippen LogP contribution in [0.3, 0.4) is 0 Å². The molecule has 0 aliphatic heterocycles. The van der Waals surface area contributed by atoms with Gasteiger partial charge in [0.05, 0.1) is 7.11 Å². The lowest BCUT2D eigenvalue weighted by Gasteiger charge is -2.08. The fourth-order valence-corrected chi connectivity index (χ4v) is 2.93. The van der Waals surface area contributed by atoms with Gasteiger partial charge in [-0.15, -0.1) is 0 Å². The third kappa shape index (κ3) is 4.46. The second kappa shape index (κ2) is 8.39. The second-order valence-electron chi connectivity index (χ2n) is 5.64. The highest BCUT2D eigenvalue weighted by molar-refractivity contribution is 9.10. The summed E-state index contributed by atoms with van der Waals surface area (Å²) in [7, 11) is 1.57. The van der Waals surface area contributed by atoms with Crippen LogP contribution in [-0.4, -0.2) is 17.6 Å². The molecule has 6 heteroatoms. The Balaban J connectivity index is 1.85. The summed E-state index contributed by atoms with van der Waals surface area (Å²) in [5, 5.41) is 12.2. The number of benzene rings is 2. The largest absolute Gasteiger partial charge is 0.497 e. The summed E-state index contributed by atoms with van der Waals surface area (Å²) in [6, 6.07) is 20.4. The maximum absolute atomic E-state index is 12.5. The van der Waals surface area contributed by atoms with Gasteiger partial charge in [-0.25, -0.2) is 0 Å². The van der Waals surface area contributed by atoms with E-state index in [9.17, 15) is 10.1 Å². The monoisotopic (exact) mass is 421 g/mol. The normalized spacial score (nSPS) is 10.9. The second-order valence-corrected chi connectivity index (χ2v) is 6.55. The molecule has 1 N–H and O–H groups in total. The number of nitrogens with one attached hydrogen (secondary N) is 1. The van der Waals surface area contributed by atoms with Gasteiger partial charge in [-0.1, -0.05) is 22.0 Å². The first-order valence-electron chi connectivity index (χ1n) is 8.11.